The molecule has 2 aromatic carbocycles. The summed E-state index contributed by atoms with van der Waals surface area (Å²) in [6.07, 6.45) is 1.96. The Balaban J connectivity index is 2.29. The molecule has 0 bridgehead atoms. The second kappa shape index (κ2) is 5.99. The van der Waals surface area contributed by atoms with Gasteiger partial charge in [-0.15, -0.1) is 11.8 Å². The van der Waals surface area contributed by atoms with Crippen molar-refractivity contribution in [2.24, 2.45) is 0 Å². The first-order valence-corrected chi connectivity index (χ1v) is 7.06. The van der Waals surface area contributed by atoms with Crippen LogP contribution >= 0.6 is 23.4 Å². The second-order valence-corrected chi connectivity index (χ2v) is 4.96. The standard InChI is InChI=1S/C14H11ClO3S/c1-19-13-5-3-2-4-12(13)18-9-6-7-10(14(16)17)11(15)8-9/h2-8H,1H3,(H,16,17). The second-order valence-electron chi connectivity index (χ2n) is 3.70. The van der Waals surface area contributed by atoms with E-state index in [1.165, 1.54) is 12.1 Å². The van der Waals surface area contributed by atoms with E-state index in [0.29, 0.717) is 11.5 Å². The molecule has 0 unspecified atom stereocenters. The lowest BCUT2D eigenvalue weighted by Gasteiger charge is -2.10. The lowest BCUT2D eigenvalue weighted by molar-refractivity contribution is 0.0697. The summed E-state index contributed by atoms with van der Waals surface area (Å²) in [7, 11) is 0. The number of carboxylic acid groups (broad SMARTS) is 1. The van der Waals surface area contributed by atoms with Crippen molar-refractivity contribution < 1.29 is 14.6 Å². The van der Waals surface area contributed by atoms with Crippen LogP contribution in [-0.2, 0) is 0 Å². The lowest BCUT2D eigenvalue weighted by atomic mass is 10.2. The van der Waals surface area contributed by atoms with E-state index in [1.54, 1.807) is 17.8 Å². The van der Waals surface area contributed by atoms with Crippen molar-refractivity contribution in [3.63, 3.8) is 0 Å². The highest BCUT2D eigenvalue weighted by molar-refractivity contribution is 7.98. The van der Waals surface area contributed by atoms with Gasteiger partial charge in [0.15, 0.2) is 0 Å². The monoisotopic (exact) mass is 294 g/mol. The molecule has 0 saturated heterocycles. The fraction of sp³-hybridized carbons (Fsp3) is 0.0714. The molecule has 2 aromatic rings. The molecule has 0 aromatic heterocycles. The van der Waals surface area contributed by atoms with Crippen molar-refractivity contribution in [1.82, 2.24) is 0 Å². The molecular formula is C14H11ClO3S. The predicted molar refractivity (Wildman–Crippen MR) is 76.7 cm³/mol. The molecule has 0 atom stereocenters. The van der Waals surface area contributed by atoms with E-state index in [4.69, 9.17) is 21.4 Å². The third kappa shape index (κ3) is 3.22. The summed E-state index contributed by atoms with van der Waals surface area (Å²) in [5.41, 5.74) is 0.0622. The molecular weight excluding hydrogens is 284 g/mol. The molecule has 0 radical (unpaired) electrons. The van der Waals surface area contributed by atoms with E-state index in [1.807, 2.05) is 30.5 Å². The van der Waals surface area contributed by atoms with Gasteiger partial charge in [0, 0.05) is 11.0 Å². The Hall–Kier alpha value is -1.65. The molecule has 1 N–H and O–H groups in total. The van der Waals surface area contributed by atoms with Gasteiger partial charge in [-0.1, -0.05) is 23.7 Å². The highest BCUT2D eigenvalue weighted by atomic mass is 35.5. The van der Waals surface area contributed by atoms with Crippen LogP contribution < -0.4 is 4.74 Å². The molecule has 0 aliphatic carbocycles. The Labute approximate surface area is 120 Å². The number of rotatable bonds is 4. The molecule has 0 aliphatic heterocycles. The van der Waals surface area contributed by atoms with Gasteiger partial charge in [0.05, 0.1) is 10.6 Å². The number of halogens is 1. The van der Waals surface area contributed by atoms with Crippen LogP contribution in [0.1, 0.15) is 10.4 Å². The van der Waals surface area contributed by atoms with E-state index in [0.717, 1.165) is 4.90 Å². The van der Waals surface area contributed by atoms with Gasteiger partial charge in [0.1, 0.15) is 11.5 Å². The van der Waals surface area contributed by atoms with Crippen LogP contribution in [0.25, 0.3) is 0 Å². The van der Waals surface area contributed by atoms with Crippen molar-refractivity contribution in [3.05, 3.63) is 53.1 Å². The number of hydrogen-bond donors (Lipinski definition) is 1. The van der Waals surface area contributed by atoms with Gasteiger partial charge in [-0.2, -0.15) is 0 Å². The molecule has 0 saturated carbocycles. The van der Waals surface area contributed by atoms with Gasteiger partial charge in [0.2, 0.25) is 0 Å². The summed E-state index contributed by atoms with van der Waals surface area (Å²) in [5.74, 6) is 0.173. The number of thioether (sulfide) groups is 1. The summed E-state index contributed by atoms with van der Waals surface area (Å²) < 4.78 is 5.72. The number of ether oxygens (including phenoxy) is 1. The zero-order chi connectivity index (χ0) is 13.8. The van der Waals surface area contributed by atoms with Crippen LogP contribution in [0.5, 0.6) is 11.5 Å². The number of aromatic carboxylic acids is 1. The summed E-state index contributed by atoms with van der Waals surface area (Å²) in [5, 5.41) is 9.06. The maximum absolute atomic E-state index is 10.9. The van der Waals surface area contributed by atoms with Crippen molar-refractivity contribution in [1.29, 1.82) is 0 Å². The van der Waals surface area contributed by atoms with Gasteiger partial charge >= 0.3 is 5.97 Å². The van der Waals surface area contributed by atoms with Crippen LogP contribution in [0.2, 0.25) is 5.02 Å². The number of hydrogen-bond acceptors (Lipinski definition) is 3. The Morgan fingerprint density at radius 1 is 1.26 bits per heavy atom. The lowest BCUT2D eigenvalue weighted by Crippen LogP contribution is -1.97. The van der Waals surface area contributed by atoms with Gasteiger partial charge in [-0.05, 0) is 30.5 Å². The average molecular weight is 295 g/mol. The minimum absolute atomic E-state index is 0.0622. The quantitative estimate of drug-likeness (QED) is 0.840. The molecule has 0 aliphatic rings. The van der Waals surface area contributed by atoms with E-state index in [-0.39, 0.29) is 10.6 Å². The van der Waals surface area contributed by atoms with E-state index >= 15 is 0 Å². The van der Waals surface area contributed by atoms with E-state index in [9.17, 15) is 4.79 Å². The first-order valence-electron chi connectivity index (χ1n) is 5.45. The molecule has 2 rings (SSSR count). The number of para-hydroxylation sites is 1. The Bertz CT molecular complexity index is 613. The van der Waals surface area contributed by atoms with E-state index in [2.05, 4.69) is 0 Å². The van der Waals surface area contributed by atoms with Crippen molar-refractivity contribution >= 4 is 29.3 Å². The zero-order valence-corrected chi connectivity index (χ0v) is 11.7. The first kappa shape index (κ1) is 13.8. The molecule has 3 nitrogen and oxygen atoms in total. The van der Waals surface area contributed by atoms with Crippen LogP contribution in [0.3, 0.4) is 0 Å². The minimum Gasteiger partial charge on any atom is -0.478 e. The predicted octanol–water partition coefficient (Wildman–Crippen LogP) is 4.55. The Morgan fingerprint density at radius 2 is 2.00 bits per heavy atom. The maximum atomic E-state index is 10.9. The van der Waals surface area contributed by atoms with Crippen LogP contribution in [0.4, 0.5) is 0 Å². The summed E-state index contributed by atoms with van der Waals surface area (Å²) >= 11 is 7.47. The Kier molecular flexibility index (Phi) is 4.35. The fourth-order valence-corrected chi connectivity index (χ4v) is 2.34. The van der Waals surface area contributed by atoms with Crippen molar-refractivity contribution in [2.45, 2.75) is 4.90 Å². The van der Waals surface area contributed by atoms with Gasteiger partial charge in [-0.3, -0.25) is 0 Å². The number of carbonyl (C=O) groups is 1. The summed E-state index contributed by atoms with van der Waals surface area (Å²) in [4.78, 5) is 11.9. The molecule has 0 heterocycles. The third-order valence-electron chi connectivity index (χ3n) is 2.47. The highest BCUT2D eigenvalue weighted by Gasteiger charge is 2.10. The molecule has 19 heavy (non-hydrogen) atoms. The van der Waals surface area contributed by atoms with Crippen molar-refractivity contribution in [2.75, 3.05) is 6.26 Å². The molecule has 5 heteroatoms. The highest BCUT2D eigenvalue weighted by Crippen LogP contribution is 2.32. The largest absolute Gasteiger partial charge is 0.478 e. The summed E-state index contributed by atoms with van der Waals surface area (Å²) in [6.45, 7) is 0. The SMILES string of the molecule is CSc1ccccc1Oc1ccc(C(=O)O)c(Cl)c1. The van der Waals surface area contributed by atoms with E-state index < -0.39 is 5.97 Å². The number of carboxylic acids is 1. The van der Waals surface area contributed by atoms with Crippen molar-refractivity contribution in [3.8, 4) is 11.5 Å². The minimum atomic E-state index is -1.05. The zero-order valence-electron chi connectivity index (χ0n) is 10.1. The molecule has 0 amide bonds. The smallest absolute Gasteiger partial charge is 0.337 e. The van der Waals surface area contributed by atoms with Crippen LogP contribution in [0, 0.1) is 0 Å². The topological polar surface area (TPSA) is 46.5 Å². The average Bonchev–Trinajstić information content (AvgIpc) is 2.39. The van der Waals surface area contributed by atoms with Crippen LogP contribution in [0.15, 0.2) is 47.4 Å². The summed E-state index contributed by atoms with van der Waals surface area (Å²) in [6, 6.07) is 12.1. The first-order chi connectivity index (χ1) is 9.11. The number of benzene rings is 2. The van der Waals surface area contributed by atoms with Crippen LogP contribution in [-0.4, -0.2) is 17.3 Å². The normalized spacial score (nSPS) is 10.2. The van der Waals surface area contributed by atoms with Gasteiger partial charge in [0.25, 0.3) is 0 Å². The third-order valence-corrected chi connectivity index (χ3v) is 3.56. The molecule has 0 fully saturated rings. The molecule has 0 spiro atoms. The molecule has 98 valence electrons. The van der Waals surface area contributed by atoms with Gasteiger partial charge < -0.3 is 9.84 Å². The Morgan fingerprint density at radius 3 is 2.63 bits per heavy atom. The van der Waals surface area contributed by atoms with Gasteiger partial charge in [-0.25, -0.2) is 4.79 Å². The fourth-order valence-electron chi connectivity index (χ4n) is 1.56. The maximum Gasteiger partial charge on any atom is 0.337 e.